The highest BCUT2D eigenvalue weighted by Crippen LogP contribution is 2.21. The second kappa shape index (κ2) is 6.54. The van der Waals surface area contributed by atoms with Gasteiger partial charge in [0.1, 0.15) is 0 Å². The molecular weight excluding hydrogens is 310 g/mol. The first-order valence-electron chi connectivity index (χ1n) is 7.36. The lowest BCUT2D eigenvalue weighted by Gasteiger charge is -2.23. The number of nitrogens with one attached hydrogen (secondary N) is 1. The summed E-state index contributed by atoms with van der Waals surface area (Å²) in [7, 11) is 1.28. The van der Waals surface area contributed by atoms with Gasteiger partial charge in [-0.2, -0.15) is 0 Å². The molecule has 24 heavy (non-hydrogen) atoms. The average molecular weight is 325 g/mol. The molecule has 0 bridgehead atoms. The van der Waals surface area contributed by atoms with Gasteiger partial charge in [0, 0.05) is 12.1 Å². The van der Waals surface area contributed by atoms with Gasteiger partial charge in [-0.15, -0.1) is 0 Å². The van der Waals surface area contributed by atoms with Crippen LogP contribution in [0.5, 0.6) is 0 Å². The van der Waals surface area contributed by atoms with Gasteiger partial charge < -0.3 is 14.8 Å². The molecular formula is C18H15NO5. The van der Waals surface area contributed by atoms with E-state index in [9.17, 15) is 14.4 Å². The monoisotopic (exact) mass is 325 g/mol. The molecule has 6 heteroatoms. The highest BCUT2D eigenvalue weighted by atomic mass is 16.5. The van der Waals surface area contributed by atoms with E-state index < -0.39 is 23.9 Å². The summed E-state index contributed by atoms with van der Waals surface area (Å²) in [5.74, 6) is -1.45. The molecule has 0 saturated heterocycles. The number of ether oxygens (including phenoxy) is 2. The number of anilines is 1. The fraction of sp³-hybridized carbons (Fsp3) is 0.167. The molecule has 3 rings (SSSR count). The first-order chi connectivity index (χ1) is 11.6. The van der Waals surface area contributed by atoms with Crippen molar-refractivity contribution in [3.8, 4) is 0 Å². The lowest BCUT2D eigenvalue weighted by atomic mass is 9.98. The topological polar surface area (TPSA) is 81.7 Å². The fourth-order valence-corrected chi connectivity index (χ4v) is 2.54. The van der Waals surface area contributed by atoms with Crippen molar-refractivity contribution in [1.29, 1.82) is 0 Å². The number of benzene rings is 2. The van der Waals surface area contributed by atoms with E-state index in [2.05, 4.69) is 10.1 Å². The van der Waals surface area contributed by atoms with Gasteiger partial charge in [-0.25, -0.2) is 9.59 Å². The van der Waals surface area contributed by atoms with Crippen LogP contribution in [0.2, 0.25) is 0 Å². The molecule has 1 heterocycles. The summed E-state index contributed by atoms with van der Waals surface area (Å²) in [5, 5.41) is 2.66. The van der Waals surface area contributed by atoms with Crippen LogP contribution >= 0.6 is 0 Å². The van der Waals surface area contributed by atoms with Gasteiger partial charge in [0.15, 0.2) is 6.10 Å². The van der Waals surface area contributed by atoms with Crippen LogP contribution in [0.1, 0.15) is 26.3 Å². The maximum absolute atomic E-state index is 12.4. The van der Waals surface area contributed by atoms with Crippen molar-refractivity contribution in [3.05, 3.63) is 65.2 Å². The van der Waals surface area contributed by atoms with E-state index in [0.717, 1.165) is 5.56 Å². The van der Waals surface area contributed by atoms with Crippen molar-refractivity contribution in [2.24, 2.45) is 0 Å². The number of carbonyl (C=O) groups excluding carboxylic acids is 3. The summed E-state index contributed by atoms with van der Waals surface area (Å²) in [6.45, 7) is 0. The second-order valence-corrected chi connectivity index (χ2v) is 5.32. The van der Waals surface area contributed by atoms with E-state index in [1.54, 1.807) is 36.4 Å². The standard InChI is InChI=1S/C18H15NO5/c1-23-17(21)12-6-4-7-13(9-12)19-16(20)15-10-11-5-2-3-8-14(11)18(22)24-15/h2-9,15H,10H2,1H3,(H,19,20)/t15-/m1/s1. The number of rotatable bonds is 3. The number of cyclic esters (lactones) is 1. The van der Waals surface area contributed by atoms with Gasteiger partial charge in [0.2, 0.25) is 0 Å². The highest BCUT2D eigenvalue weighted by molar-refractivity contribution is 6.00. The molecule has 122 valence electrons. The second-order valence-electron chi connectivity index (χ2n) is 5.32. The number of amides is 1. The molecule has 6 nitrogen and oxygen atoms in total. The van der Waals surface area contributed by atoms with Gasteiger partial charge in [-0.3, -0.25) is 4.79 Å². The van der Waals surface area contributed by atoms with Crippen molar-refractivity contribution in [2.45, 2.75) is 12.5 Å². The molecule has 1 aliphatic heterocycles. The third-order valence-corrected chi connectivity index (χ3v) is 3.74. The Bertz CT molecular complexity index is 815. The number of esters is 2. The minimum Gasteiger partial charge on any atom is -0.465 e. The molecule has 1 N–H and O–H groups in total. The van der Waals surface area contributed by atoms with Crippen LogP contribution in [0.3, 0.4) is 0 Å². The molecule has 1 amide bonds. The normalized spacial score (nSPS) is 15.9. The molecule has 0 spiro atoms. The van der Waals surface area contributed by atoms with Crippen LogP contribution in [0, 0.1) is 0 Å². The summed E-state index contributed by atoms with van der Waals surface area (Å²) < 4.78 is 9.85. The highest BCUT2D eigenvalue weighted by Gasteiger charge is 2.31. The summed E-state index contributed by atoms with van der Waals surface area (Å²) >= 11 is 0. The first kappa shape index (κ1) is 15.7. The van der Waals surface area contributed by atoms with E-state index in [0.29, 0.717) is 23.2 Å². The van der Waals surface area contributed by atoms with Crippen LogP contribution in [-0.2, 0) is 20.7 Å². The smallest absolute Gasteiger partial charge is 0.339 e. The first-order valence-corrected chi connectivity index (χ1v) is 7.36. The minimum atomic E-state index is -0.908. The third kappa shape index (κ3) is 3.12. The Kier molecular flexibility index (Phi) is 4.29. The zero-order valence-corrected chi connectivity index (χ0v) is 12.9. The number of carbonyl (C=O) groups is 3. The number of methoxy groups -OCH3 is 1. The van der Waals surface area contributed by atoms with Gasteiger partial charge in [0.25, 0.3) is 5.91 Å². The van der Waals surface area contributed by atoms with Crippen LogP contribution in [0.15, 0.2) is 48.5 Å². The van der Waals surface area contributed by atoms with Gasteiger partial charge in [-0.05, 0) is 29.8 Å². The molecule has 0 unspecified atom stereocenters. The van der Waals surface area contributed by atoms with Crippen LogP contribution < -0.4 is 5.32 Å². The Labute approximate surface area is 138 Å². The molecule has 0 fully saturated rings. The Balaban J connectivity index is 1.75. The Morgan fingerprint density at radius 3 is 2.75 bits per heavy atom. The summed E-state index contributed by atoms with van der Waals surface area (Å²) in [4.78, 5) is 35.9. The maximum Gasteiger partial charge on any atom is 0.339 e. The van der Waals surface area contributed by atoms with Crippen molar-refractivity contribution in [1.82, 2.24) is 0 Å². The Hall–Kier alpha value is -3.15. The SMILES string of the molecule is COC(=O)c1cccc(NC(=O)[C@H]2Cc3ccccc3C(=O)O2)c1. The van der Waals surface area contributed by atoms with Crippen LogP contribution in [-0.4, -0.2) is 31.1 Å². The van der Waals surface area contributed by atoms with E-state index in [-0.39, 0.29) is 0 Å². The predicted octanol–water partition coefficient (Wildman–Crippen LogP) is 2.19. The van der Waals surface area contributed by atoms with E-state index in [1.165, 1.54) is 13.2 Å². The zero-order chi connectivity index (χ0) is 17.1. The van der Waals surface area contributed by atoms with Crippen molar-refractivity contribution in [3.63, 3.8) is 0 Å². The van der Waals surface area contributed by atoms with Crippen LogP contribution in [0.4, 0.5) is 5.69 Å². The molecule has 0 aromatic heterocycles. The minimum absolute atomic E-state index is 0.310. The van der Waals surface area contributed by atoms with Crippen molar-refractivity contribution < 1.29 is 23.9 Å². The Morgan fingerprint density at radius 1 is 1.17 bits per heavy atom. The molecule has 0 saturated carbocycles. The lowest BCUT2D eigenvalue weighted by Crippen LogP contribution is -2.38. The van der Waals surface area contributed by atoms with E-state index in [4.69, 9.17) is 4.74 Å². The molecule has 0 aliphatic carbocycles. The largest absolute Gasteiger partial charge is 0.465 e. The summed E-state index contributed by atoms with van der Waals surface area (Å²) in [5.41, 5.74) is 2.01. The number of hydrogen-bond donors (Lipinski definition) is 1. The predicted molar refractivity (Wildman–Crippen MR) is 85.8 cm³/mol. The summed E-state index contributed by atoms with van der Waals surface area (Å²) in [6, 6.07) is 13.4. The number of hydrogen-bond acceptors (Lipinski definition) is 5. The van der Waals surface area contributed by atoms with Gasteiger partial charge >= 0.3 is 11.9 Å². The van der Waals surface area contributed by atoms with Crippen molar-refractivity contribution in [2.75, 3.05) is 12.4 Å². The van der Waals surface area contributed by atoms with E-state index in [1.807, 2.05) is 6.07 Å². The molecule has 2 aromatic rings. The maximum atomic E-state index is 12.4. The quantitative estimate of drug-likeness (QED) is 0.875. The van der Waals surface area contributed by atoms with Crippen LogP contribution in [0.25, 0.3) is 0 Å². The van der Waals surface area contributed by atoms with Gasteiger partial charge in [-0.1, -0.05) is 24.3 Å². The zero-order valence-electron chi connectivity index (χ0n) is 12.9. The molecule has 2 aromatic carbocycles. The molecule has 1 atom stereocenters. The molecule has 0 radical (unpaired) electrons. The summed E-state index contributed by atoms with van der Waals surface area (Å²) in [6.07, 6.45) is -0.598. The Morgan fingerprint density at radius 2 is 1.96 bits per heavy atom. The lowest BCUT2D eigenvalue weighted by molar-refractivity contribution is -0.125. The number of fused-ring (bicyclic) bond motifs is 1. The van der Waals surface area contributed by atoms with Crippen molar-refractivity contribution >= 4 is 23.5 Å². The third-order valence-electron chi connectivity index (χ3n) is 3.74. The molecule has 1 aliphatic rings. The fourth-order valence-electron chi connectivity index (χ4n) is 2.54. The average Bonchev–Trinajstić information content (AvgIpc) is 2.61. The van der Waals surface area contributed by atoms with Gasteiger partial charge in [0.05, 0.1) is 18.2 Å². The van der Waals surface area contributed by atoms with E-state index >= 15 is 0 Å².